The fraction of sp³-hybridized carbons (Fsp3) is 0. The van der Waals surface area contributed by atoms with Crippen LogP contribution in [0, 0.1) is 0 Å². The maximum atomic E-state index is 6.44. The van der Waals surface area contributed by atoms with E-state index in [-0.39, 0.29) is 0 Å². The molecule has 0 bridgehead atoms. The Morgan fingerprint density at radius 2 is 0.600 bits per heavy atom. The van der Waals surface area contributed by atoms with Crippen LogP contribution in [0.3, 0.4) is 0 Å². The van der Waals surface area contributed by atoms with Crippen molar-refractivity contribution in [3.8, 4) is 67.5 Å². The molecule has 2 nitrogen and oxygen atoms in total. The first-order valence-corrected chi connectivity index (χ1v) is 17.2. The minimum absolute atomic E-state index is 0.909. The van der Waals surface area contributed by atoms with Gasteiger partial charge in [-0.05, 0) is 101 Å². The van der Waals surface area contributed by atoms with Crippen molar-refractivity contribution in [1.82, 2.24) is 0 Å². The van der Waals surface area contributed by atoms with Crippen LogP contribution in [-0.2, 0) is 0 Å². The van der Waals surface area contributed by atoms with Gasteiger partial charge in [-0.3, -0.25) is 0 Å². The molecule has 0 fully saturated rings. The van der Waals surface area contributed by atoms with Gasteiger partial charge in [-0.1, -0.05) is 133 Å². The first-order valence-electron chi connectivity index (χ1n) is 17.2. The van der Waals surface area contributed by atoms with E-state index in [0.717, 1.165) is 34.1 Å². The fourth-order valence-corrected chi connectivity index (χ4v) is 8.90. The molecule has 10 aromatic rings. The SMILES string of the molecule is c1ccc2c(c1)Oc1ccc(-c3ccc4ccc5c(-c6ccc7c8c(cccc68)-c6ccccc6O7)ccc6ccc3c4c65)c3cccc-2c13. The zero-order valence-electron chi connectivity index (χ0n) is 26.8. The highest BCUT2D eigenvalue weighted by molar-refractivity contribution is 6.29. The Kier molecular flexibility index (Phi) is 5.00. The summed E-state index contributed by atoms with van der Waals surface area (Å²) in [7, 11) is 0. The van der Waals surface area contributed by atoms with Crippen LogP contribution >= 0.6 is 0 Å². The van der Waals surface area contributed by atoms with E-state index in [1.54, 1.807) is 0 Å². The van der Waals surface area contributed by atoms with Gasteiger partial charge >= 0.3 is 0 Å². The van der Waals surface area contributed by atoms with E-state index < -0.39 is 0 Å². The Morgan fingerprint density at radius 3 is 1.08 bits per heavy atom. The van der Waals surface area contributed by atoms with E-state index in [1.165, 1.54) is 87.2 Å². The minimum atomic E-state index is 0.909. The van der Waals surface area contributed by atoms with E-state index >= 15 is 0 Å². The largest absolute Gasteiger partial charge is 0.456 e. The average Bonchev–Trinajstić information content (AvgIpc) is 3.17. The standard InChI is InChI=1S/C48H26O2/c1-3-13-41-33(7-1)37-11-5-9-35-31(23-25-43(49-41)47(35)37)29-19-15-27-18-22-40-30(20-16-28-17-21-39(29)45(27)46(28)40)32-24-26-44-48-36(32)10-6-12-38(48)34-8-2-4-14-42(34)50-44/h1-26H. The molecule has 50 heavy (non-hydrogen) atoms. The van der Waals surface area contributed by atoms with Crippen LogP contribution in [0.4, 0.5) is 0 Å². The summed E-state index contributed by atoms with van der Waals surface area (Å²) in [5.41, 5.74) is 9.62. The molecule has 0 spiro atoms. The van der Waals surface area contributed by atoms with Crippen molar-refractivity contribution in [3.63, 3.8) is 0 Å². The zero-order valence-corrected chi connectivity index (χ0v) is 26.8. The Labute approximate surface area is 287 Å². The molecule has 2 heteroatoms. The van der Waals surface area contributed by atoms with E-state index in [0.29, 0.717) is 0 Å². The van der Waals surface area contributed by atoms with Gasteiger partial charge in [0.1, 0.15) is 23.0 Å². The van der Waals surface area contributed by atoms with Crippen molar-refractivity contribution >= 4 is 53.9 Å². The van der Waals surface area contributed by atoms with Crippen molar-refractivity contribution in [2.45, 2.75) is 0 Å². The van der Waals surface area contributed by atoms with Gasteiger partial charge in [-0.2, -0.15) is 0 Å². The molecule has 2 aliphatic heterocycles. The molecule has 12 rings (SSSR count). The van der Waals surface area contributed by atoms with Crippen LogP contribution in [0.2, 0.25) is 0 Å². The number of fused-ring (bicyclic) bond motifs is 4. The summed E-state index contributed by atoms with van der Waals surface area (Å²) in [4.78, 5) is 0. The minimum Gasteiger partial charge on any atom is -0.456 e. The Hall–Kier alpha value is -6.64. The number of benzene rings is 10. The highest BCUT2D eigenvalue weighted by Crippen LogP contribution is 2.52. The lowest BCUT2D eigenvalue weighted by Gasteiger charge is -2.23. The zero-order chi connectivity index (χ0) is 32.5. The number of para-hydroxylation sites is 2. The monoisotopic (exact) mass is 634 g/mol. The number of ether oxygens (including phenoxy) is 2. The molecule has 230 valence electrons. The summed E-state index contributed by atoms with van der Waals surface area (Å²) in [5, 5.41) is 12.4. The molecule has 10 aromatic carbocycles. The molecule has 0 saturated heterocycles. The predicted molar refractivity (Wildman–Crippen MR) is 207 cm³/mol. The second-order valence-electron chi connectivity index (χ2n) is 13.5. The van der Waals surface area contributed by atoms with E-state index in [2.05, 4.69) is 146 Å². The number of hydrogen-bond acceptors (Lipinski definition) is 2. The smallest absolute Gasteiger partial charge is 0.135 e. The van der Waals surface area contributed by atoms with Crippen molar-refractivity contribution < 1.29 is 9.47 Å². The van der Waals surface area contributed by atoms with Gasteiger partial charge in [0.25, 0.3) is 0 Å². The number of hydrogen-bond donors (Lipinski definition) is 0. The molecule has 2 aliphatic rings. The summed E-state index contributed by atoms with van der Waals surface area (Å²) in [6, 6.07) is 57.1. The van der Waals surface area contributed by atoms with Crippen molar-refractivity contribution in [1.29, 1.82) is 0 Å². The van der Waals surface area contributed by atoms with Crippen molar-refractivity contribution in [2.75, 3.05) is 0 Å². The van der Waals surface area contributed by atoms with E-state index in [1.807, 2.05) is 12.1 Å². The summed E-state index contributed by atoms with van der Waals surface area (Å²) < 4.78 is 12.9. The second-order valence-corrected chi connectivity index (χ2v) is 13.5. The fourth-order valence-electron chi connectivity index (χ4n) is 8.90. The predicted octanol–water partition coefficient (Wildman–Crippen LogP) is 13.8. The maximum absolute atomic E-state index is 6.44. The first kappa shape index (κ1) is 26.3. The molecule has 0 aromatic heterocycles. The summed E-state index contributed by atoms with van der Waals surface area (Å²) >= 11 is 0. The average molecular weight is 635 g/mol. The summed E-state index contributed by atoms with van der Waals surface area (Å²) in [6.45, 7) is 0. The van der Waals surface area contributed by atoms with Gasteiger partial charge in [0.2, 0.25) is 0 Å². The third kappa shape index (κ3) is 3.37. The molecule has 2 heterocycles. The normalized spacial score (nSPS) is 12.7. The lowest BCUT2D eigenvalue weighted by atomic mass is 9.84. The molecule has 0 amide bonds. The Balaban J connectivity index is 1.11. The molecular formula is C48H26O2. The van der Waals surface area contributed by atoms with Gasteiger partial charge in [0.05, 0.1) is 0 Å². The van der Waals surface area contributed by atoms with Crippen LogP contribution < -0.4 is 9.47 Å². The molecule has 0 unspecified atom stereocenters. The van der Waals surface area contributed by atoms with Gasteiger partial charge < -0.3 is 9.47 Å². The molecule has 0 N–H and O–H groups in total. The second kappa shape index (κ2) is 9.49. The van der Waals surface area contributed by atoms with Crippen LogP contribution in [0.25, 0.3) is 98.4 Å². The number of rotatable bonds is 2. The topological polar surface area (TPSA) is 18.5 Å². The van der Waals surface area contributed by atoms with Gasteiger partial charge in [-0.15, -0.1) is 0 Å². The highest BCUT2D eigenvalue weighted by atomic mass is 16.5. The lowest BCUT2D eigenvalue weighted by Crippen LogP contribution is -1.98. The molecule has 0 saturated carbocycles. The van der Waals surface area contributed by atoms with Crippen LogP contribution in [0.15, 0.2) is 158 Å². The third-order valence-corrected chi connectivity index (χ3v) is 11.0. The van der Waals surface area contributed by atoms with Crippen molar-refractivity contribution in [2.24, 2.45) is 0 Å². The van der Waals surface area contributed by atoms with Gasteiger partial charge in [-0.25, -0.2) is 0 Å². The quantitative estimate of drug-likeness (QED) is 0.176. The lowest BCUT2D eigenvalue weighted by molar-refractivity contribution is 0.487. The molecule has 0 aliphatic carbocycles. The van der Waals surface area contributed by atoms with Crippen LogP contribution in [0.5, 0.6) is 23.0 Å². The Morgan fingerprint density at radius 1 is 0.220 bits per heavy atom. The molecule has 0 radical (unpaired) electrons. The van der Waals surface area contributed by atoms with Gasteiger partial charge in [0.15, 0.2) is 0 Å². The summed E-state index contributed by atoms with van der Waals surface area (Å²) in [5.74, 6) is 3.64. The Bertz CT molecular complexity index is 2890. The maximum Gasteiger partial charge on any atom is 0.135 e. The van der Waals surface area contributed by atoms with Crippen LogP contribution in [0.1, 0.15) is 0 Å². The molecule has 0 atom stereocenters. The van der Waals surface area contributed by atoms with Gasteiger partial charge in [0, 0.05) is 21.9 Å². The van der Waals surface area contributed by atoms with Crippen LogP contribution in [-0.4, -0.2) is 0 Å². The highest BCUT2D eigenvalue weighted by Gasteiger charge is 2.24. The third-order valence-electron chi connectivity index (χ3n) is 11.0. The first-order chi connectivity index (χ1) is 24.8. The molecular weight excluding hydrogens is 609 g/mol. The van der Waals surface area contributed by atoms with E-state index in [9.17, 15) is 0 Å². The van der Waals surface area contributed by atoms with E-state index in [4.69, 9.17) is 9.47 Å². The summed E-state index contributed by atoms with van der Waals surface area (Å²) in [6.07, 6.45) is 0. The van der Waals surface area contributed by atoms with Crippen molar-refractivity contribution in [3.05, 3.63) is 158 Å².